The van der Waals surface area contributed by atoms with Gasteiger partial charge in [0.1, 0.15) is 6.61 Å². The molecule has 0 spiro atoms. The smallest absolute Gasteiger partial charge is 0.414 e. The van der Waals surface area contributed by atoms with Gasteiger partial charge in [0.25, 0.3) is 0 Å². The predicted octanol–water partition coefficient (Wildman–Crippen LogP) is 4.73. The van der Waals surface area contributed by atoms with Gasteiger partial charge in [-0.15, -0.1) is 0 Å². The standard InChI is InChI=1S/C25H19NO5/c27-23-11-12-26(22-13-15(24(28)29)9-10-20(22)23)25(30)31-14-21-18-7-3-1-5-16(18)17-6-2-4-8-19(17)21/h1-10,13,21H,11-12,14H2,(H,28,29). The van der Waals surface area contributed by atoms with Crippen molar-refractivity contribution in [1.82, 2.24) is 0 Å². The van der Waals surface area contributed by atoms with E-state index in [0.717, 1.165) is 22.3 Å². The number of aromatic carboxylic acids is 1. The zero-order valence-electron chi connectivity index (χ0n) is 16.6. The molecule has 1 aliphatic heterocycles. The van der Waals surface area contributed by atoms with Crippen LogP contribution in [0.2, 0.25) is 0 Å². The van der Waals surface area contributed by atoms with E-state index in [9.17, 15) is 19.5 Å². The summed E-state index contributed by atoms with van der Waals surface area (Å²) in [4.78, 5) is 37.9. The number of hydrogen-bond acceptors (Lipinski definition) is 4. The summed E-state index contributed by atoms with van der Waals surface area (Å²) in [6.07, 6.45) is -0.415. The number of ketones is 1. The number of anilines is 1. The second-order valence-electron chi connectivity index (χ2n) is 7.67. The third-order valence-electron chi connectivity index (χ3n) is 5.95. The van der Waals surface area contributed by atoms with Gasteiger partial charge < -0.3 is 9.84 Å². The average Bonchev–Trinajstić information content (AvgIpc) is 3.11. The highest BCUT2D eigenvalue weighted by Crippen LogP contribution is 2.44. The van der Waals surface area contributed by atoms with Crippen molar-refractivity contribution in [3.63, 3.8) is 0 Å². The molecule has 0 aromatic heterocycles. The number of carboxylic acid groups (broad SMARTS) is 1. The van der Waals surface area contributed by atoms with Gasteiger partial charge in [0, 0.05) is 24.4 Å². The molecule has 154 valence electrons. The number of nitrogens with zero attached hydrogens (tertiary/aromatic N) is 1. The number of rotatable bonds is 3. The first-order valence-electron chi connectivity index (χ1n) is 10.1. The molecule has 1 N–H and O–H groups in total. The van der Waals surface area contributed by atoms with E-state index in [4.69, 9.17) is 4.74 Å². The number of benzene rings is 3. The molecule has 31 heavy (non-hydrogen) atoms. The van der Waals surface area contributed by atoms with Crippen molar-refractivity contribution in [1.29, 1.82) is 0 Å². The van der Waals surface area contributed by atoms with Crippen molar-refractivity contribution in [2.75, 3.05) is 18.1 Å². The van der Waals surface area contributed by atoms with Crippen LogP contribution in [0.4, 0.5) is 10.5 Å². The van der Waals surface area contributed by atoms with Crippen LogP contribution in [0.3, 0.4) is 0 Å². The second kappa shape index (κ2) is 7.40. The third kappa shape index (κ3) is 3.17. The zero-order chi connectivity index (χ0) is 21.5. The van der Waals surface area contributed by atoms with Crippen LogP contribution in [0, 0.1) is 0 Å². The average molecular weight is 413 g/mol. The summed E-state index contributed by atoms with van der Waals surface area (Å²) in [5, 5.41) is 9.29. The fourth-order valence-electron chi connectivity index (χ4n) is 4.45. The first-order chi connectivity index (χ1) is 15.0. The van der Waals surface area contributed by atoms with Crippen molar-refractivity contribution in [3.8, 4) is 11.1 Å². The van der Waals surface area contributed by atoms with Gasteiger partial charge in [0.05, 0.1) is 11.3 Å². The minimum absolute atomic E-state index is 0.0184. The maximum absolute atomic E-state index is 13.0. The van der Waals surface area contributed by atoms with Gasteiger partial charge in [-0.1, -0.05) is 48.5 Å². The highest BCUT2D eigenvalue weighted by Gasteiger charge is 2.32. The maximum Gasteiger partial charge on any atom is 0.414 e. The Labute approximate surface area is 178 Å². The van der Waals surface area contributed by atoms with Crippen LogP contribution in [0.15, 0.2) is 66.7 Å². The Morgan fingerprint density at radius 1 is 0.935 bits per heavy atom. The number of carbonyl (C=O) groups is 3. The van der Waals surface area contributed by atoms with E-state index < -0.39 is 12.1 Å². The number of carboxylic acids is 1. The molecule has 1 amide bonds. The van der Waals surface area contributed by atoms with Crippen LogP contribution >= 0.6 is 0 Å². The molecule has 0 fully saturated rings. The number of Topliss-reactive ketones (excluding diaryl/α,β-unsaturated/α-hetero) is 1. The number of amides is 1. The zero-order valence-corrected chi connectivity index (χ0v) is 16.6. The predicted molar refractivity (Wildman–Crippen MR) is 115 cm³/mol. The molecule has 0 saturated carbocycles. The Hall–Kier alpha value is -3.93. The summed E-state index contributed by atoms with van der Waals surface area (Å²) in [6.45, 7) is 0.316. The van der Waals surface area contributed by atoms with Crippen molar-refractivity contribution in [3.05, 3.63) is 89.0 Å². The highest BCUT2D eigenvalue weighted by molar-refractivity contribution is 6.08. The highest BCUT2D eigenvalue weighted by atomic mass is 16.6. The fraction of sp³-hybridized carbons (Fsp3) is 0.160. The lowest BCUT2D eigenvalue weighted by molar-refractivity contribution is 0.0696. The molecular formula is C25H19NO5. The summed E-state index contributed by atoms with van der Waals surface area (Å²) in [6, 6.07) is 20.3. The molecule has 3 aromatic rings. The van der Waals surface area contributed by atoms with Gasteiger partial charge in [0.15, 0.2) is 5.78 Å². The van der Waals surface area contributed by atoms with E-state index in [1.54, 1.807) is 0 Å². The molecular weight excluding hydrogens is 394 g/mol. The minimum atomic E-state index is -1.12. The van der Waals surface area contributed by atoms with Crippen LogP contribution in [0.1, 0.15) is 44.2 Å². The number of hydrogen-bond donors (Lipinski definition) is 1. The number of ether oxygens (including phenoxy) is 1. The Morgan fingerprint density at radius 2 is 1.58 bits per heavy atom. The largest absolute Gasteiger partial charge is 0.478 e. The molecule has 3 aromatic carbocycles. The van der Waals surface area contributed by atoms with Crippen molar-refractivity contribution >= 4 is 23.5 Å². The van der Waals surface area contributed by atoms with Crippen molar-refractivity contribution in [2.45, 2.75) is 12.3 Å². The van der Waals surface area contributed by atoms with Crippen LogP contribution < -0.4 is 4.90 Å². The van der Waals surface area contributed by atoms with Gasteiger partial charge in [-0.3, -0.25) is 9.69 Å². The van der Waals surface area contributed by atoms with E-state index in [1.165, 1.54) is 23.1 Å². The molecule has 2 aliphatic rings. The molecule has 5 rings (SSSR count). The monoisotopic (exact) mass is 413 g/mol. The maximum atomic E-state index is 13.0. The van der Waals surface area contributed by atoms with E-state index in [0.29, 0.717) is 5.56 Å². The minimum Gasteiger partial charge on any atom is -0.478 e. The first kappa shape index (κ1) is 19.1. The SMILES string of the molecule is O=C(O)c1ccc2c(c1)N(C(=O)OCC1c3ccccc3-c3ccccc31)CCC2=O. The topological polar surface area (TPSA) is 83.9 Å². The van der Waals surface area contributed by atoms with Crippen LogP contribution in [0.5, 0.6) is 0 Å². The van der Waals surface area contributed by atoms with Gasteiger partial charge in [-0.2, -0.15) is 0 Å². The van der Waals surface area contributed by atoms with Gasteiger partial charge in [-0.25, -0.2) is 9.59 Å². The lowest BCUT2D eigenvalue weighted by Gasteiger charge is -2.28. The van der Waals surface area contributed by atoms with Crippen molar-refractivity contribution < 1.29 is 24.2 Å². The first-order valence-corrected chi connectivity index (χ1v) is 10.1. The molecule has 0 unspecified atom stereocenters. The quantitative estimate of drug-likeness (QED) is 0.671. The lowest BCUT2D eigenvalue weighted by atomic mass is 9.98. The molecule has 6 heteroatoms. The van der Waals surface area contributed by atoms with Gasteiger partial charge >= 0.3 is 12.1 Å². The molecule has 0 atom stereocenters. The van der Waals surface area contributed by atoms with Crippen molar-refractivity contribution in [2.24, 2.45) is 0 Å². The third-order valence-corrected chi connectivity index (χ3v) is 5.95. The molecule has 0 saturated heterocycles. The van der Waals surface area contributed by atoms with E-state index >= 15 is 0 Å². The summed E-state index contributed by atoms with van der Waals surface area (Å²) in [7, 11) is 0. The normalized spacial score (nSPS) is 14.6. The van der Waals surface area contributed by atoms with E-state index in [-0.39, 0.29) is 42.5 Å². The van der Waals surface area contributed by atoms with E-state index in [1.807, 2.05) is 36.4 Å². The van der Waals surface area contributed by atoms with Crippen LogP contribution in [-0.2, 0) is 4.74 Å². The Balaban J connectivity index is 1.41. The van der Waals surface area contributed by atoms with Gasteiger partial charge in [-0.05, 0) is 40.5 Å². The van der Waals surface area contributed by atoms with Gasteiger partial charge in [0.2, 0.25) is 0 Å². The Bertz CT molecular complexity index is 1190. The fourth-order valence-corrected chi connectivity index (χ4v) is 4.45. The molecule has 0 bridgehead atoms. The molecule has 1 aliphatic carbocycles. The Morgan fingerprint density at radius 3 is 2.23 bits per heavy atom. The van der Waals surface area contributed by atoms with E-state index in [2.05, 4.69) is 12.1 Å². The Kier molecular flexibility index (Phi) is 4.55. The molecule has 6 nitrogen and oxygen atoms in total. The number of fused-ring (bicyclic) bond motifs is 4. The number of carbonyl (C=O) groups excluding carboxylic acids is 2. The summed E-state index contributed by atoms with van der Waals surface area (Å²) < 4.78 is 5.70. The van der Waals surface area contributed by atoms with Crippen LogP contribution in [-0.4, -0.2) is 36.1 Å². The summed E-state index contributed by atoms with van der Waals surface area (Å²) >= 11 is 0. The molecule has 1 heterocycles. The summed E-state index contributed by atoms with van der Waals surface area (Å²) in [5.74, 6) is -1.31. The second-order valence-corrected chi connectivity index (χ2v) is 7.67. The van der Waals surface area contributed by atoms with Crippen LogP contribution in [0.25, 0.3) is 11.1 Å². The lowest BCUT2D eigenvalue weighted by Crippen LogP contribution is -2.38. The molecule has 0 radical (unpaired) electrons. The summed E-state index contributed by atoms with van der Waals surface area (Å²) in [5.41, 5.74) is 5.14.